The van der Waals surface area contributed by atoms with Gasteiger partial charge < -0.3 is 9.73 Å². The van der Waals surface area contributed by atoms with E-state index in [0.29, 0.717) is 35.9 Å². The number of benzene rings is 2. The third-order valence-corrected chi connectivity index (χ3v) is 3.75. The molecule has 6 heteroatoms. The predicted molar refractivity (Wildman–Crippen MR) is 89.1 cm³/mol. The van der Waals surface area contributed by atoms with E-state index in [2.05, 4.69) is 10.3 Å². The van der Waals surface area contributed by atoms with E-state index in [1.54, 1.807) is 25.1 Å². The lowest BCUT2D eigenvalue weighted by molar-refractivity contribution is 0.0950. The Balaban J connectivity index is 1.63. The lowest BCUT2D eigenvalue weighted by atomic mass is 10.2. The van der Waals surface area contributed by atoms with Crippen LogP contribution in [0.15, 0.2) is 52.9 Å². The van der Waals surface area contributed by atoms with Gasteiger partial charge in [0.15, 0.2) is 0 Å². The van der Waals surface area contributed by atoms with Crippen LogP contribution in [0.2, 0.25) is 0 Å². The number of amides is 1. The first-order valence-corrected chi connectivity index (χ1v) is 7.79. The van der Waals surface area contributed by atoms with Crippen molar-refractivity contribution in [2.45, 2.75) is 13.3 Å². The number of oxazole rings is 1. The molecule has 0 saturated carbocycles. The summed E-state index contributed by atoms with van der Waals surface area (Å²) in [6.45, 7) is 2.07. The highest BCUT2D eigenvalue weighted by molar-refractivity contribution is 5.94. The summed E-state index contributed by atoms with van der Waals surface area (Å²) in [7, 11) is 0. The number of carbonyl (C=O) groups excluding carboxylic acids is 1. The molecule has 0 bridgehead atoms. The van der Waals surface area contributed by atoms with Gasteiger partial charge in [0.05, 0.1) is 11.3 Å². The second-order valence-corrected chi connectivity index (χ2v) is 5.51. The summed E-state index contributed by atoms with van der Waals surface area (Å²) >= 11 is 0. The van der Waals surface area contributed by atoms with E-state index in [1.165, 1.54) is 30.3 Å². The van der Waals surface area contributed by atoms with E-state index in [1.807, 2.05) is 0 Å². The molecule has 0 fully saturated rings. The lowest BCUT2D eigenvalue weighted by Crippen LogP contribution is -2.26. The zero-order valence-electron chi connectivity index (χ0n) is 13.6. The predicted octanol–water partition coefficient (Wildman–Crippen LogP) is 3.90. The van der Waals surface area contributed by atoms with Crippen LogP contribution in [0, 0.1) is 18.6 Å². The van der Waals surface area contributed by atoms with Crippen molar-refractivity contribution in [2.24, 2.45) is 0 Å². The van der Waals surface area contributed by atoms with Crippen molar-refractivity contribution in [1.82, 2.24) is 10.3 Å². The third-order valence-electron chi connectivity index (χ3n) is 3.75. The van der Waals surface area contributed by atoms with Crippen molar-refractivity contribution in [3.63, 3.8) is 0 Å². The van der Waals surface area contributed by atoms with Gasteiger partial charge in [0.1, 0.15) is 17.4 Å². The average molecular weight is 342 g/mol. The topological polar surface area (TPSA) is 55.1 Å². The van der Waals surface area contributed by atoms with Crippen LogP contribution in [0.25, 0.3) is 11.5 Å². The molecule has 1 aromatic heterocycles. The Morgan fingerprint density at radius 2 is 1.84 bits per heavy atom. The maximum atomic E-state index is 13.6. The molecule has 4 nitrogen and oxygen atoms in total. The molecule has 0 atom stereocenters. The van der Waals surface area contributed by atoms with E-state index in [9.17, 15) is 13.6 Å². The largest absolute Gasteiger partial charge is 0.441 e. The molecular weight excluding hydrogens is 326 g/mol. The standard InChI is InChI=1S/C19H16F2N2O2/c1-12-17(23-19(25-12)13-6-8-14(20)9-7-13)10-11-22-18(24)15-4-2-3-5-16(15)21/h2-9H,10-11H2,1H3,(H,22,24). The number of hydrogen-bond donors (Lipinski definition) is 1. The lowest BCUT2D eigenvalue weighted by Gasteiger charge is -2.05. The highest BCUT2D eigenvalue weighted by Gasteiger charge is 2.13. The molecule has 1 amide bonds. The Bertz CT molecular complexity index is 889. The van der Waals surface area contributed by atoms with Crippen LogP contribution in [0.4, 0.5) is 8.78 Å². The normalized spacial score (nSPS) is 10.7. The summed E-state index contributed by atoms with van der Waals surface area (Å²) in [6, 6.07) is 11.7. The maximum Gasteiger partial charge on any atom is 0.254 e. The van der Waals surface area contributed by atoms with Crippen LogP contribution < -0.4 is 5.32 Å². The molecule has 2 aromatic carbocycles. The molecule has 1 N–H and O–H groups in total. The van der Waals surface area contributed by atoms with Gasteiger partial charge in [-0.05, 0) is 43.3 Å². The number of nitrogens with zero attached hydrogens (tertiary/aromatic N) is 1. The third kappa shape index (κ3) is 3.91. The molecule has 0 radical (unpaired) electrons. The Labute approximate surface area is 143 Å². The van der Waals surface area contributed by atoms with Gasteiger partial charge in [-0.25, -0.2) is 13.8 Å². The first-order chi connectivity index (χ1) is 12.0. The van der Waals surface area contributed by atoms with Crippen LogP contribution in [0.3, 0.4) is 0 Å². The molecule has 0 saturated heterocycles. The fourth-order valence-electron chi connectivity index (χ4n) is 2.41. The molecule has 3 aromatic rings. The molecule has 25 heavy (non-hydrogen) atoms. The Hall–Kier alpha value is -3.02. The SMILES string of the molecule is Cc1oc(-c2ccc(F)cc2)nc1CCNC(=O)c1ccccc1F. The van der Waals surface area contributed by atoms with Gasteiger partial charge in [0.25, 0.3) is 5.91 Å². The van der Waals surface area contributed by atoms with Gasteiger partial charge >= 0.3 is 0 Å². The second kappa shape index (κ2) is 7.25. The van der Waals surface area contributed by atoms with Crippen LogP contribution in [-0.2, 0) is 6.42 Å². The van der Waals surface area contributed by atoms with E-state index < -0.39 is 11.7 Å². The average Bonchev–Trinajstić information content (AvgIpc) is 2.97. The van der Waals surface area contributed by atoms with Gasteiger partial charge in [-0.3, -0.25) is 4.79 Å². The summed E-state index contributed by atoms with van der Waals surface area (Å²) in [5.41, 5.74) is 1.37. The van der Waals surface area contributed by atoms with Crippen LogP contribution >= 0.6 is 0 Å². The quantitative estimate of drug-likeness (QED) is 0.765. The minimum absolute atomic E-state index is 0.00590. The van der Waals surface area contributed by atoms with Gasteiger partial charge in [0, 0.05) is 18.5 Å². The number of aromatic nitrogens is 1. The Morgan fingerprint density at radius 1 is 1.12 bits per heavy atom. The molecule has 128 valence electrons. The van der Waals surface area contributed by atoms with Crippen molar-refractivity contribution < 1.29 is 18.0 Å². The van der Waals surface area contributed by atoms with Gasteiger partial charge in [-0.2, -0.15) is 0 Å². The summed E-state index contributed by atoms with van der Waals surface area (Å²) < 4.78 is 32.1. The minimum Gasteiger partial charge on any atom is -0.441 e. The molecule has 0 aliphatic rings. The monoisotopic (exact) mass is 342 g/mol. The van der Waals surface area contributed by atoms with E-state index in [4.69, 9.17) is 4.42 Å². The smallest absolute Gasteiger partial charge is 0.254 e. The van der Waals surface area contributed by atoms with Crippen LogP contribution in [0.1, 0.15) is 21.8 Å². The summed E-state index contributed by atoms with van der Waals surface area (Å²) in [5.74, 6) is -0.343. The first kappa shape index (κ1) is 16.8. The highest BCUT2D eigenvalue weighted by atomic mass is 19.1. The number of aryl methyl sites for hydroxylation is 1. The number of hydrogen-bond acceptors (Lipinski definition) is 3. The number of nitrogens with one attached hydrogen (secondary N) is 1. The number of rotatable bonds is 5. The highest BCUT2D eigenvalue weighted by Crippen LogP contribution is 2.22. The van der Waals surface area contributed by atoms with Gasteiger partial charge in [-0.1, -0.05) is 12.1 Å². The molecule has 0 aliphatic heterocycles. The molecule has 0 unspecified atom stereocenters. The Morgan fingerprint density at radius 3 is 2.56 bits per heavy atom. The van der Waals surface area contributed by atoms with Gasteiger partial charge in [0.2, 0.25) is 5.89 Å². The van der Waals surface area contributed by atoms with Crippen molar-refractivity contribution >= 4 is 5.91 Å². The zero-order valence-corrected chi connectivity index (χ0v) is 13.6. The molecule has 1 heterocycles. The fraction of sp³-hybridized carbons (Fsp3) is 0.158. The fourth-order valence-corrected chi connectivity index (χ4v) is 2.41. The van der Waals surface area contributed by atoms with Crippen molar-refractivity contribution in [3.05, 3.63) is 77.2 Å². The van der Waals surface area contributed by atoms with E-state index in [-0.39, 0.29) is 11.4 Å². The molecular formula is C19H16F2N2O2. The maximum absolute atomic E-state index is 13.6. The first-order valence-electron chi connectivity index (χ1n) is 7.79. The van der Waals surface area contributed by atoms with Crippen molar-refractivity contribution in [1.29, 1.82) is 0 Å². The van der Waals surface area contributed by atoms with E-state index >= 15 is 0 Å². The summed E-state index contributed by atoms with van der Waals surface area (Å²) in [4.78, 5) is 16.4. The number of halogens is 2. The molecule has 3 rings (SSSR count). The molecule has 0 spiro atoms. The Kier molecular flexibility index (Phi) is 4.88. The van der Waals surface area contributed by atoms with Crippen LogP contribution in [-0.4, -0.2) is 17.4 Å². The van der Waals surface area contributed by atoms with E-state index in [0.717, 1.165) is 0 Å². The van der Waals surface area contributed by atoms with Crippen molar-refractivity contribution in [3.8, 4) is 11.5 Å². The van der Waals surface area contributed by atoms with Gasteiger partial charge in [-0.15, -0.1) is 0 Å². The summed E-state index contributed by atoms with van der Waals surface area (Å²) in [5, 5.41) is 2.66. The minimum atomic E-state index is -0.559. The number of carbonyl (C=O) groups is 1. The van der Waals surface area contributed by atoms with Crippen LogP contribution in [0.5, 0.6) is 0 Å². The molecule has 0 aliphatic carbocycles. The second-order valence-electron chi connectivity index (χ2n) is 5.51. The zero-order chi connectivity index (χ0) is 17.8. The van der Waals surface area contributed by atoms with Crippen molar-refractivity contribution in [2.75, 3.05) is 6.54 Å². The summed E-state index contributed by atoms with van der Waals surface area (Å²) in [6.07, 6.45) is 0.441.